The number of nitrogens with zero attached hydrogens (tertiary/aromatic N) is 1. The normalized spacial score (nSPS) is 23.4. The minimum absolute atomic E-state index is 0.0318. The molecule has 0 aliphatic carbocycles. The van der Waals surface area contributed by atoms with Crippen molar-refractivity contribution in [1.29, 1.82) is 0 Å². The molecule has 2 unspecified atom stereocenters. The molecule has 1 N–H and O–H groups in total. The summed E-state index contributed by atoms with van der Waals surface area (Å²) in [4.78, 5) is 23.2. The number of rotatable bonds is 5. The van der Waals surface area contributed by atoms with E-state index in [0.717, 1.165) is 0 Å². The van der Waals surface area contributed by atoms with Gasteiger partial charge in [-0.3, -0.25) is 4.79 Å². The number of hydrogen-bond donors (Lipinski definition) is 1. The summed E-state index contributed by atoms with van der Waals surface area (Å²) in [6.07, 6.45) is -6.02. The Hall–Kier alpha value is -1.31. The number of carboxylic acids is 1. The van der Waals surface area contributed by atoms with E-state index in [9.17, 15) is 22.8 Å². The fraction of sp³-hybridized carbons (Fsp3) is 0.818. The summed E-state index contributed by atoms with van der Waals surface area (Å²) in [5, 5.41) is 8.71. The third kappa shape index (κ3) is 4.70. The van der Waals surface area contributed by atoms with Gasteiger partial charge < -0.3 is 14.7 Å². The maximum atomic E-state index is 12.4. The van der Waals surface area contributed by atoms with Crippen LogP contribution in [0.2, 0.25) is 0 Å². The number of ether oxygens (including phenoxy) is 1. The van der Waals surface area contributed by atoms with Crippen molar-refractivity contribution >= 4 is 11.9 Å². The zero-order valence-corrected chi connectivity index (χ0v) is 10.4. The molecule has 0 spiro atoms. The second kappa shape index (κ2) is 6.23. The summed E-state index contributed by atoms with van der Waals surface area (Å²) < 4.78 is 42.0. The van der Waals surface area contributed by atoms with Crippen molar-refractivity contribution in [2.24, 2.45) is 0 Å². The molecule has 0 aromatic carbocycles. The second-order valence-electron chi connectivity index (χ2n) is 4.40. The van der Waals surface area contributed by atoms with Gasteiger partial charge in [0.25, 0.3) is 5.91 Å². The molecule has 8 heteroatoms. The van der Waals surface area contributed by atoms with Crippen LogP contribution < -0.4 is 0 Å². The molecule has 1 rings (SSSR count). The largest absolute Gasteiger partial charge is 0.479 e. The number of alkyl halides is 3. The Morgan fingerprint density at radius 2 is 1.89 bits per heavy atom. The van der Waals surface area contributed by atoms with Crippen LogP contribution in [0.3, 0.4) is 0 Å². The number of carbonyl (C=O) groups is 2. The van der Waals surface area contributed by atoms with E-state index < -0.39 is 36.8 Å². The van der Waals surface area contributed by atoms with Crippen molar-refractivity contribution in [2.75, 3.05) is 13.1 Å². The van der Waals surface area contributed by atoms with Crippen LogP contribution in [0.4, 0.5) is 13.2 Å². The lowest BCUT2D eigenvalue weighted by atomic mass is 10.1. The smallest absolute Gasteiger partial charge is 0.406 e. The minimum atomic E-state index is -4.48. The third-order valence-electron chi connectivity index (χ3n) is 2.75. The lowest BCUT2D eigenvalue weighted by Crippen LogP contribution is -2.44. The van der Waals surface area contributed by atoms with E-state index in [0.29, 0.717) is 11.3 Å². The molecule has 5 nitrogen and oxygen atoms in total. The van der Waals surface area contributed by atoms with Crippen LogP contribution in [-0.2, 0) is 14.3 Å². The van der Waals surface area contributed by atoms with Gasteiger partial charge in [-0.05, 0) is 19.3 Å². The molecule has 1 aliphatic heterocycles. The molecular weight excluding hydrogens is 267 g/mol. The van der Waals surface area contributed by atoms with Gasteiger partial charge in [0.05, 0.1) is 0 Å². The monoisotopic (exact) mass is 283 g/mol. The fourth-order valence-electron chi connectivity index (χ4n) is 1.96. The number of carbonyl (C=O) groups excluding carboxylic acids is 1. The van der Waals surface area contributed by atoms with Crippen molar-refractivity contribution in [2.45, 2.75) is 44.6 Å². The molecule has 2 atom stereocenters. The van der Waals surface area contributed by atoms with Crippen molar-refractivity contribution in [3.05, 3.63) is 0 Å². The number of hydrogen-bond acceptors (Lipinski definition) is 3. The SMILES string of the molecule is CCCN(CC(F)(F)F)C(=O)C1CCC(C(=O)O)O1. The summed E-state index contributed by atoms with van der Waals surface area (Å²) in [5.41, 5.74) is 0. The predicted molar refractivity (Wildman–Crippen MR) is 58.5 cm³/mol. The Labute approximate surface area is 108 Å². The highest BCUT2D eigenvalue weighted by Gasteiger charge is 2.40. The molecule has 19 heavy (non-hydrogen) atoms. The van der Waals surface area contributed by atoms with Gasteiger partial charge in [-0.25, -0.2) is 4.79 Å². The molecule has 0 aromatic heterocycles. The van der Waals surface area contributed by atoms with Crippen molar-refractivity contribution in [3.8, 4) is 0 Å². The standard InChI is InChI=1S/C11H16F3NO4/c1-2-5-15(6-11(12,13)14)9(16)7-3-4-8(19-7)10(17)18/h7-8H,2-6H2,1H3,(H,17,18). The van der Waals surface area contributed by atoms with Crippen LogP contribution in [0.25, 0.3) is 0 Å². The topological polar surface area (TPSA) is 66.8 Å². The van der Waals surface area contributed by atoms with Crippen LogP contribution >= 0.6 is 0 Å². The van der Waals surface area contributed by atoms with Crippen molar-refractivity contribution < 1.29 is 32.6 Å². The van der Waals surface area contributed by atoms with E-state index in [1.807, 2.05) is 0 Å². The highest BCUT2D eigenvalue weighted by molar-refractivity contribution is 5.82. The zero-order chi connectivity index (χ0) is 14.6. The van der Waals surface area contributed by atoms with E-state index >= 15 is 0 Å². The first-order valence-electron chi connectivity index (χ1n) is 5.98. The molecule has 110 valence electrons. The van der Waals surface area contributed by atoms with E-state index in [1.54, 1.807) is 6.92 Å². The van der Waals surface area contributed by atoms with Crippen molar-refractivity contribution in [3.63, 3.8) is 0 Å². The summed E-state index contributed by atoms with van der Waals surface area (Å²) in [7, 11) is 0. The number of aliphatic carboxylic acids is 1. The molecule has 0 bridgehead atoms. The Balaban J connectivity index is 2.65. The summed E-state index contributed by atoms with van der Waals surface area (Å²) in [6, 6.07) is 0. The minimum Gasteiger partial charge on any atom is -0.479 e. The van der Waals surface area contributed by atoms with E-state index in [2.05, 4.69) is 0 Å². The van der Waals surface area contributed by atoms with Crippen LogP contribution in [0.5, 0.6) is 0 Å². The Morgan fingerprint density at radius 3 is 2.32 bits per heavy atom. The lowest BCUT2D eigenvalue weighted by molar-refractivity contribution is -0.170. The zero-order valence-electron chi connectivity index (χ0n) is 10.4. The summed E-state index contributed by atoms with van der Waals surface area (Å²) in [6.45, 7) is 0.291. The first kappa shape index (κ1) is 15.7. The van der Waals surface area contributed by atoms with Gasteiger partial charge in [0, 0.05) is 6.54 Å². The average molecular weight is 283 g/mol. The number of amides is 1. The first-order chi connectivity index (χ1) is 8.74. The van der Waals surface area contributed by atoms with Crippen LogP contribution in [0.15, 0.2) is 0 Å². The van der Waals surface area contributed by atoms with Gasteiger partial charge in [0.1, 0.15) is 12.6 Å². The molecule has 1 heterocycles. The van der Waals surface area contributed by atoms with E-state index in [4.69, 9.17) is 9.84 Å². The molecule has 0 radical (unpaired) electrons. The van der Waals surface area contributed by atoms with E-state index in [1.165, 1.54) is 0 Å². The summed E-state index contributed by atoms with van der Waals surface area (Å²) >= 11 is 0. The molecule has 1 aliphatic rings. The number of halogens is 3. The van der Waals surface area contributed by atoms with Gasteiger partial charge in [0.2, 0.25) is 0 Å². The van der Waals surface area contributed by atoms with Crippen LogP contribution in [-0.4, -0.2) is 53.4 Å². The molecular formula is C11H16F3NO4. The molecule has 0 saturated carbocycles. The maximum Gasteiger partial charge on any atom is 0.406 e. The highest BCUT2D eigenvalue weighted by Crippen LogP contribution is 2.24. The molecule has 0 aromatic rings. The lowest BCUT2D eigenvalue weighted by Gasteiger charge is -2.26. The van der Waals surface area contributed by atoms with Gasteiger partial charge >= 0.3 is 12.1 Å². The second-order valence-corrected chi connectivity index (χ2v) is 4.40. The first-order valence-corrected chi connectivity index (χ1v) is 5.98. The Kier molecular flexibility index (Phi) is 5.16. The van der Waals surface area contributed by atoms with Gasteiger partial charge in [-0.15, -0.1) is 0 Å². The molecule has 1 saturated heterocycles. The van der Waals surface area contributed by atoms with Gasteiger partial charge in [-0.2, -0.15) is 13.2 Å². The van der Waals surface area contributed by atoms with Gasteiger partial charge in [0.15, 0.2) is 6.10 Å². The van der Waals surface area contributed by atoms with Crippen molar-refractivity contribution in [1.82, 2.24) is 4.90 Å². The highest BCUT2D eigenvalue weighted by atomic mass is 19.4. The summed E-state index contributed by atoms with van der Waals surface area (Å²) in [5.74, 6) is -1.99. The van der Waals surface area contributed by atoms with Crippen LogP contribution in [0, 0.1) is 0 Å². The third-order valence-corrected chi connectivity index (χ3v) is 2.75. The Bertz CT molecular complexity index is 345. The molecule has 1 fully saturated rings. The van der Waals surface area contributed by atoms with Crippen LogP contribution in [0.1, 0.15) is 26.2 Å². The van der Waals surface area contributed by atoms with Gasteiger partial charge in [-0.1, -0.05) is 6.92 Å². The quantitative estimate of drug-likeness (QED) is 0.828. The maximum absolute atomic E-state index is 12.4. The molecule has 1 amide bonds. The Morgan fingerprint density at radius 1 is 1.32 bits per heavy atom. The average Bonchev–Trinajstić information content (AvgIpc) is 2.75. The van der Waals surface area contributed by atoms with E-state index in [-0.39, 0.29) is 19.4 Å². The predicted octanol–water partition coefficient (Wildman–Crippen LogP) is 1.42. The number of carboxylic acid groups (broad SMARTS) is 1. The fourth-order valence-corrected chi connectivity index (χ4v) is 1.96.